The fourth-order valence-corrected chi connectivity index (χ4v) is 1.81. The second-order valence-corrected chi connectivity index (χ2v) is 4.11. The van der Waals surface area contributed by atoms with Gasteiger partial charge in [-0.3, -0.25) is 5.32 Å². The Kier molecular flexibility index (Phi) is 3.66. The van der Waals surface area contributed by atoms with E-state index in [9.17, 15) is 0 Å². The van der Waals surface area contributed by atoms with Gasteiger partial charge in [0.15, 0.2) is 0 Å². The van der Waals surface area contributed by atoms with Crippen molar-refractivity contribution in [3.05, 3.63) is 65.2 Å². The molecule has 1 N–H and O–H groups in total. The van der Waals surface area contributed by atoms with Gasteiger partial charge in [0.25, 0.3) is 0 Å². The van der Waals surface area contributed by atoms with Gasteiger partial charge < -0.3 is 5.53 Å². The summed E-state index contributed by atoms with van der Waals surface area (Å²) in [6, 6.07) is 10.1. The van der Waals surface area contributed by atoms with Gasteiger partial charge in [0.05, 0.1) is 0 Å². The van der Waals surface area contributed by atoms with Gasteiger partial charge in [-0.2, -0.15) is 4.79 Å². The molecule has 0 aromatic heterocycles. The number of hydrogen-bond donors (Lipinski definition) is 1. The van der Waals surface area contributed by atoms with Crippen molar-refractivity contribution in [2.24, 2.45) is 0 Å². The van der Waals surface area contributed by atoms with Crippen LogP contribution in [0.4, 0.5) is 0 Å². The van der Waals surface area contributed by atoms with Gasteiger partial charge in [-0.05, 0) is 12.5 Å². The third kappa shape index (κ3) is 3.00. The normalized spacial score (nSPS) is 18.8. The number of nitrogens with one attached hydrogen (secondary N) is 1. The second-order valence-electron chi connectivity index (χ2n) is 4.11. The zero-order valence-electron chi connectivity index (χ0n) is 9.80. The number of allylic oxidation sites excluding steroid dienone is 2. The van der Waals surface area contributed by atoms with Gasteiger partial charge in [-0.1, -0.05) is 48.1 Å². The van der Waals surface area contributed by atoms with Crippen molar-refractivity contribution in [1.82, 2.24) is 5.32 Å². The van der Waals surface area contributed by atoms with Crippen LogP contribution < -0.4 is 5.32 Å². The average molecular weight is 225 g/mol. The molecule has 0 aliphatic heterocycles. The Morgan fingerprint density at radius 3 is 2.71 bits per heavy atom. The molecule has 1 unspecified atom stereocenters. The van der Waals surface area contributed by atoms with Crippen LogP contribution in [0, 0.1) is 0 Å². The van der Waals surface area contributed by atoms with Gasteiger partial charge >= 0.3 is 5.71 Å². The summed E-state index contributed by atoms with van der Waals surface area (Å²) in [5.41, 5.74) is 11.9. The number of benzene rings is 1. The first kappa shape index (κ1) is 11.5. The van der Waals surface area contributed by atoms with E-state index >= 15 is 0 Å². The lowest BCUT2D eigenvalue weighted by molar-refractivity contribution is -0.00767. The fourth-order valence-electron chi connectivity index (χ4n) is 1.81. The largest absolute Gasteiger partial charge is 0.361 e. The van der Waals surface area contributed by atoms with Crippen molar-refractivity contribution >= 4 is 5.71 Å². The molecule has 1 atom stereocenters. The first-order valence-electron chi connectivity index (χ1n) is 5.65. The topological polar surface area (TPSA) is 48.4 Å². The van der Waals surface area contributed by atoms with Crippen molar-refractivity contribution in [2.75, 3.05) is 0 Å². The number of rotatable bonds is 3. The van der Waals surface area contributed by atoms with Crippen LogP contribution >= 0.6 is 0 Å². The van der Waals surface area contributed by atoms with Crippen LogP contribution in [0.25, 0.3) is 5.53 Å². The summed E-state index contributed by atoms with van der Waals surface area (Å²) in [6.45, 7) is 2.78. The maximum absolute atomic E-state index is 8.91. The van der Waals surface area contributed by atoms with E-state index < -0.39 is 0 Å². The molecule has 0 heterocycles. The first-order valence-corrected chi connectivity index (χ1v) is 5.65. The highest BCUT2D eigenvalue weighted by atomic mass is 15.0. The molecule has 3 nitrogen and oxygen atoms in total. The molecule has 0 spiro atoms. The Bertz CT molecular complexity index is 493. The fraction of sp³-hybridized carbons (Fsp3) is 0.214. The van der Waals surface area contributed by atoms with E-state index in [0.717, 1.165) is 6.54 Å². The Morgan fingerprint density at radius 1 is 1.24 bits per heavy atom. The molecule has 1 aromatic rings. The van der Waals surface area contributed by atoms with E-state index in [1.54, 1.807) is 0 Å². The predicted octanol–water partition coefficient (Wildman–Crippen LogP) is 2.33. The van der Waals surface area contributed by atoms with Crippen LogP contribution in [-0.2, 0) is 6.54 Å². The van der Waals surface area contributed by atoms with E-state index in [-0.39, 0.29) is 6.04 Å². The summed E-state index contributed by atoms with van der Waals surface area (Å²) in [5, 5.41) is 3.35. The molecular weight excluding hydrogens is 210 g/mol. The lowest BCUT2D eigenvalue weighted by Crippen LogP contribution is -2.35. The summed E-state index contributed by atoms with van der Waals surface area (Å²) in [5.74, 6) is 0. The molecule has 0 fully saturated rings. The number of hydrogen-bond acceptors (Lipinski definition) is 1. The van der Waals surface area contributed by atoms with Crippen molar-refractivity contribution < 1.29 is 4.79 Å². The van der Waals surface area contributed by atoms with E-state index in [4.69, 9.17) is 5.53 Å². The lowest BCUT2D eigenvalue weighted by atomic mass is 10.0. The molecule has 0 amide bonds. The molecule has 1 aliphatic carbocycles. The molecule has 0 saturated carbocycles. The quantitative estimate of drug-likeness (QED) is 0.623. The Hall–Kier alpha value is -1.96. The van der Waals surface area contributed by atoms with E-state index in [1.807, 2.05) is 37.3 Å². The molecular formula is C14H15N3. The molecule has 1 aromatic carbocycles. The van der Waals surface area contributed by atoms with Gasteiger partial charge in [0, 0.05) is 12.6 Å². The molecule has 2 rings (SSSR count). The van der Waals surface area contributed by atoms with Crippen LogP contribution in [0.5, 0.6) is 0 Å². The minimum atomic E-state index is -0.0230. The summed E-state index contributed by atoms with van der Waals surface area (Å²) >= 11 is 0. The monoisotopic (exact) mass is 225 g/mol. The van der Waals surface area contributed by atoms with Gasteiger partial charge in [-0.25, -0.2) is 0 Å². The van der Waals surface area contributed by atoms with E-state index in [2.05, 4.69) is 28.3 Å². The van der Waals surface area contributed by atoms with E-state index in [0.29, 0.717) is 5.71 Å². The Labute approximate surface area is 101 Å². The average Bonchev–Trinajstić information content (AvgIpc) is 2.38. The molecule has 86 valence electrons. The van der Waals surface area contributed by atoms with Gasteiger partial charge in [0.2, 0.25) is 0 Å². The molecule has 1 aliphatic rings. The first-order chi connectivity index (χ1) is 8.29. The van der Waals surface area contributed by atoms with Crippen molar-refractivity contribution in [3.8, 4) is 0 Å². The van der Waals surface area contributed by atoms with Gasteiger partial charge in [0.1, 0.15) is 6.04 Å². The molecule has 0 bridgehead atoms. The zero-order valence-corrected chi connectivity index (χ0v) is 9.80. The summed E-state index contributed by atoms with van der Waals surface area (Å²) in [4.78, 5) is 3.30. The van der Waals surface area contributed by atoms with Crippen LogP contribution in [0.2, 0.25) is 0 Å². The Morgan fingerprint density at radius 2 is 2.00 bits per heavy atom. The highest BCUT2D eigenvalue weighted by Crippen LogP contribution is 2.08. The zero-order chi connectivity index (χ0) is 12.1. The standard InChI is InChI=1S/C14H15N3/c1-11-7-8-13(17-15)14(9-11)16-10-12-5-3-2-4-6-12/h2-9,14,16H,10H2,1H3. The third-order valence-corrected chi connectivity index (χ3v) is 2.75. The summed E-state index contributed by atoms with van der Waals surface area (Å²) in [6.07, 6.45) is 5.83. The van der Waals surface area contributed by atoms with Crippen LogP contribution in [0.15, 0.2) is 54.1 Å². The predicted molar refractivity (Wildman–Crippen MR) is 68.6 cm³/mol. The van der Waals surface area contributed by atoms with Crippen LogP contribution in [0.3, 0.4) is 0 Å². The molecule has 0 saturated heterocycles. The van der Waals surface area contributed by atoms with Crippen LogP contribution in [-0.4, -0.2) is 16.5 Å². The highest BCUT2D eigenvalue weighted by Gasteiger charge is 2.20. The molecule has 0 radical (unpaired) electrons. The van der Waals surface area contributed by atoms with Crippen molar-refractivity contribution in [2.45, 2.75) is 19.5 Å². The highest BCUT2D eigenvalue weighted by molar-refractivity contribution is 5.98. The minimum absolute atomic E-state index is 0.0230. The van der Waals surface area contributed by atoms with Gasteiger partial charge in [-0.15, -0.1) is 0 Å². The van der Waals surface area contributed by atoms with E-state index in [1.165, 1.54) is 11.1 Å². The number of nitrogens with zero attached hydrogens (tertiary/aromatic N) is 2. The molecule has 3 heteroatoms. The minimum Gasteiger partial charge on any atom is -0.361 e. The van der Waals surface area contributed by atoms with Crippen LogP contribution in [0.1, 0.15) is 12.5 Å². The summed E-state index contributed by atoms with van der Waals surface area (Å²) < 4.78 is 0. The third-order valence-electron chi connectivity index (χ3n) is 2.75. The smallest absolute Gasteiger partial charge is 0.312 e. The summed E-state index contributed by atoms with van der Waals surface area (Å²) in [7, 11) is 0. The SMILES string of the molecule is CC1=CC(NCc2ccccc2)C(=[N+]=[N-])C=C1. The van der Waals surface area contributed by atoms with Crippen molar-refractivity contribution in [3.63, 3.8) is 0 Å². The second kappa shape index (κ2) is 5.39. The maximum Gasteiger partial charge on any atom is 0.312 e. The maximum atomic E-state index is 8.91. The Balaban J connectivity index is 2.04. The lowest BCUT2D eigenvalue weighted by Gasteiger charge is -2.13. The van der Waals surface area contributed by atoms with Crippen molar-refractivity contribution in [1.29, 1.82) is 0 Å². The molecule has 17 heavy (non-hydrogen) atoms.